The molecule has 0 unspecified atom stereocenters. The number of anilines is 3. The van der Waals surface area contributed by atoms with Crippen LogP contribution in [-0.4, -0.2) is 27.5 Å². The highest BCUT2D eigenvalue weighted by Crippen LogP contribution is 2.32. The number of amides is 1. The second-order valence-electron chi connectivity index (χ2n) is 7.74. The number of ketones is 1. The molecule has 1 heterocycles. The van der Waals surface area contributed by atoms with Crippen molar-refractivity contribution in [3.63, 3.8) is 0 Å². The average molecular weight is 588 g/mol. The summed E-state index contributed by atoms with van der Waals surface area (Å²) in [5.74, 6) is 0.0535. The Hall–Kier alpha value is -2.95. The number of aromatic nitrogens is 1. The lowest BCUT2D eigenvalue weighted by molar-refractivity contribution is -0.113. The predicted octanol–water partition coefficient (Wildman–Crippen LogP) is 7.86. The summed E-state index contributed by atoms with van der Waals surface area (Å²) in [6.45, 7) is 1.53. The standard InChI is InChI=1S/C26H20Cl2N4O2S3/c1-15(33)16-5-8-18(9-6-16)29-25(35)30-19-3-2-4-20(12-19)36-14-24(34)32-26-31-23(13-37-26)21-10-7-17(27)11-22(21)28/h2-13H,14H2,1H3,(H2,29,30,35)(H,31,32,34). The van der Waals surface area contributed by atoms with Crippen LogP contribution in [0.15, 0.2) is 77.0 Å². The monoisotopic (exact) mass is 586 g/mol. The molecule has 0 saturated heterocycles. The molecule has 6 nitrogen and oxygen atoms in total. The van der Waals surface area contributed by atoms with Crippen LogP contribution in [0.4, 0.5) is 16.5 Å². The van der Waals surface area contributed by atoms with Crippen LogP contribution in [0.2, 0.25) is 10.0 Å². The highest BCUT2D eigenvalue weighted by molar-refractivity contribution is 8.00. The number of carbonyl (C=O) groups excluding carboxylic acids is 2. The molecule has 0 aliphatic carbocycles. The van der Waals surface area contributed by atoms with Crippen molar-refractivity contribution in [1.29, 1.82) is 0 Å². The first-order valence-electron chi connectivity index (χ1n) is 10.9. The molecule has 37 heavy (non-hydrogen) atoms. The van der Waals surface area contributed by atoms with Crippen molar-refractivity contribution in [2.75, 3.05) is 21.7 Å². The Labute approximate surface area is 237 Å². The first kappa shape index (κ1) is 27.1. The summed E-state index contributed by atoms with van der Waals surface area (Å²) in [5, 5.41) is 12.8. The molecule has 3 N–H and O–H groups in total. The van der Waals surface area contributed by atoms with Crippen LogP contribution in [-0.2, 0) is 4.79 Å². The molecule has 0 fully saturated rings. The number of Topliss-reactive ketones (excluding diaryl/α,β-unsaturated/α-hetero) is 1. The SMILES string of the molecule is CC(=O)c1ccc(NC(=S)Nc2cccc(SCC(=O)Nc3nc(-c4ccc(Cl)cc4Cl)cs3)c2)cc1. The molecule has 0 aliphatic heterocycles. The molecule has 188 valence electrons. The molecule has 0 atom stereocenters. The number of thioether (sulfide) groups is 1. The molecule has 3 aromatic carbocycles. The van der Waals surface area contributed by atoms with Crippen LogP contribution in [0, 0.1) is 0 Å². The minimum Gasteiger partial charge on any atom is -0.332 e. The van der Waals surface area contributed by atoms with Gasteiger partial charge in [0.15, 0.2) is 16.0 Å². The van der Waals surface area contributed by atoms with Gasteiger partial charge in [0.2, 0.25) is 5.91 Å². The highest BCUT2D eigenvalue weighted by Gasteiger charge is 2.12. The van der Waals surface area contributed by atoms with Crippen LogP contribution < -0.4 is 16.0 Å². The van der Waals surface area contributed by atoms with Gasteiger partial charge >= 0.3 is 0 Å². The smallest absolute Gasteiger partial charge is 0.236 e. The molecular weight excluding hydrogens is 567 g/mol. The lowest BCUT2D eigenvalue weighted by atomic mass is 10.1. The molecule has 0 bridgehead atoms. The third kappa shape index (κ3) is 7.77. The number of thiocarbonyl (C=S) groups is 1. The molecule has 0 saturated carbocycles. The number of nitrogens with zero attached hydrogens (tertiary/aromatic N) is 1. The topological polar surface area (TPSA) is 83.1 Å². The minimum atomic E-state index is -0.169. The van der Waals surface area contributed by atoms with Crippen LogP contribution >= 0.6 is 58.5 Å². The Morgan fingerprint density at radius 3 is 2.46 bits per heavy atom. The van der Waals surface area contributed by atoms with Gasteiger partial charge in [0, 0.05) is 37.8 Å². The molecule has 11 heteroatoms. The van der Waals surface area contributed by atoms with Crippen molar-refractivity contribution >= 4 is 91.8 Å². The van der Waals surface area contributed by atoms with Gasteiger partial charge in [-0.15, -0.1) is 23.1 Å². The Morgan fingerprint density at radius 1 is 0.973 bits per heavy atom. The van der Waals surface area contributed by atoms with Gasteiger partial charge in [-0.3, -0.25) is 9.59 Å². The quantitative estimate of drug-likeness (QED) is 0.110. The van der Waals surface area contributed by atoms with E-state index < -0.39 is 0 Å². The van der Waals surface area contributed by atoms with E-state index in [1.807, 2.05) is 29.6 Å². The summed E-state index contributed by atoms with van der Waals surface area (Å²) in [4.78, 5) is 29.3. The lowest BCUT2D eigenvalue weighted by Gasteiger charge is -2.12. The summed E-state index contributed by atoms with van der Waals surface area (Å²) in [6, 6.07) is 19.9. The first-order chi connectivity index (χ1) is 17.8. The van der Waals surface area contributed by atoms with Gasteiger partial charge in [-0.2, -0.15) is 0 Å². The van der Waals surface area contributed by atoms with Gasteiger partial charge in [0.1, 0.15) is 0 Å². The third-order valence-corrected chi connectivity index (χ3v) is 7.47. The van der Waals surface area contributed by atoms with E-state index in [9.17, 15) is 9.59 Å². The number of thiazole rings is 1. The number of carbonyl (C=O) groups is 2. The fourth-order valence-corrected chi connectivity index (χ4v) is 5.42. The Kier molecular flexibility index (Phi) is 9.18. The fraction of sp³-hybridized carbons (Fsp3) is 0.0769. The lowest BCUT2D eigenvalue weighted by Crippen LogP contribution is -2.19. The predicted molar refractivity (Wildman–Crippen MR) is 160 cm³/mol. The van der Waals surface area contributed by atoms with Crippen molar-refractivity contribution in [1.82, 2.24) is 4.98 Å². The van der Waals surface area contributed by atoms with E-state index in [1.54, 1.807) is 42.5 Å². The second kappa shape index (κ2) is 12.5. The molecule has 1 aromatic heterocycles. The molecule has 4 aromatic rings. The number of rotatable bonds is 8. The first-order valence-corrected chi connectivity index (χ1v) is 13.9. The summed E-state index contributed by atoms with van der Waals surface area (Å²) < 4.78 is 0. The Bertz CT molecular complexity index is 1460. The zero-order valence-corrected chi connectivity index (χ0v) is 23.3. The third-order valence-electron chi connectivity index (χ3n) is 4.97. The van der Waals surface area contributed by atoms with Crippen molar-refractivity contribution in [3.8, 4) is 11.3 Å². The fourth-order valence-electron chi connectivity index (χ4n) is 3.20. The number of hydrogen-bond donors (Lipinski definition) is 3. The minimum absolute atomic E-state index is 0.00880. The van der Waals surface area contributed by atoms with E-state index in [0.717, 1.165) is 21.8 Å². The second-order valence-corrected chi connectivity index (χ2v) is 10.9. The molecule has 0 radical (unpaired) electrons. The van der Waals surface area contributed by atoms with E-state index in [4.69, 9.17) is 35.4 Å². The van der Waals surface area contributed by atoms with E-state index in [0.29, 0.717) is 31.5 Å². The maximum absolute atomic E-state index is 12.5. The summed E-state index contributed by atoms with van der Waals surface area (Å²) in [5.41, 5.74) is 3.62. The molecule has 0 aliphatic rings. The van der Waals surface area contributed by atoms with Gasteiger partial charge in [0.25, 0.3) is 0 Å². The molecule has 0 spiro atoms. The van der Waals surface area contributed by atoms with Crippen LogP contribution in [0.1, 0.15) is 17.3 Å². The number of hydrogen-bond acceptors (Lipinski definition) is 6. The van der Waals surface area contributed by atoms with Gasteiger partial charge in [0.05, 0.1) is 16.5 Å². The largest absolute Gasteiger partial charge is 0.332 e. The van der Waals surface area contributed by atoms with Gasteiger partial charge in [-0.05, 0) is 79.8 Å². The summed E-state index contributed by atoms with van der Waals surface area (Å²) in [7, 11) is 0. The number of nitrogens with one attached hydrogen (secondary N) is 3. The normalized spacial score (nSPS) is 10.6. The van der Waals surface area contributed by atoms with Gasteiger partial charge < -0.3 is 16.0 Å². The van der Waals surface area contributed by atoms with Crippen molar-refractivity contribution in [2.24, 2.45) is 0 Å². The van der Waals surface area contributed by atoms with E-state index in [-0.39, 0.29) is 17.4 Å². The molecule has 1 amide bonds. The Morgan fingerprint density at radius 2 is 1.73 bits per heavy atom. The van der Waals surface area contributed by atoms with Gasteiger partial charge in [-0.1, -0.05) is 29.3 Å². The van der Waals surface area contributed by atoms with Crippen molar-refractivity contribution in [2.45, 2.75) is 11.8 Å². The van der Waals surface area contributed by atoms with Crippen LogP contribution in [0.3, 0.4) is 0 Å². The number of halogens is 2. The van der Waals surface area contributed by atoms with Crippen molar-refractivity contribution < 1.29 is 9.59 Å². The maximum atomic E-state index is 12.5. The van der Waals surface area contributed by atoms with E-state index in [1.165, 1.54) is 30.0 Å². The van der Waals surface area contributed by atoms with E-state index >= 15 is 0 Å². The summed E-state index contributed by atoms with van der Waals surface area (Å²) in [6.07, 6.45) is 0. The zero-order chi connectivity index (χ0) is 26.4. The number of benzene rings is 3. The van der Waals surface area contributed by atoms with Gasteiger partial charge in [-0.25, -0.2) is 4.98 Å². The zero-order valence-electron chi connectivity index (χ0n) is 19.4. The van der Waals surface area contributed by atoms with E-state index in [2.05, 4.69) is 20.9 Å². The van der Waals surface area contributed by atoms with Crippen LogP contribution in [0.25, 0.3) is 11.3 Å². The van der Waals surface area contributed by atoms with Crippen LogP contribution in [0.5, 0.6) is 0 Å². The van der Waals surface area contributed by atoms with Crippen molar-refractivity contribution in [3.05, 3.63) is 87.7 Å². The average Bonchev–Trinajstić information content (AvgIpc) is 3.31. The molecule has 4 rings (SSSR count). The highest BCUT2D eigenvalue weighted by atomic mass is 35.5. The maximum Gasteiger partial charge on any atom is 0.236 e. The molecular formula is C26H20Cl2N4O2S3. The Balaban J connectivity index is 1.28. The summed E-state index contributed by atoms with van der Waals surface area (Å²) >= 11 is 20.3.